The quantitative estimate of drug-likeness (QED) is 0.677. The lowest BCUT2D eigenvalue weighted by molar-refractivity contribution is 0.0379. The molecule has 0 amide bonds. The van der Waals surface area contributed by atoms with Gasteiger partial charge in [-0.1, -0.05) is 58.0 Å². The van der Waals surface area contributed by atoms with Crippen LogP contribution in [0.25, 0.3) is 0 Å². The molecule has 0 heterocycles. The monoisotopic (exact) mass is 292 g/mol. The summed E-state index contributed by atoms with van der Waals surface area (Å²) in [7, 11) is 0. The highest BCUT2D eigenvalue weighted by molar-refractivity contribution is 5.17. The Hall–Kier alpha value is -0.900. The van der Waals surface area contributed by atoms with Crippen LogP contribution in [0.3, 0.4) is 0 Å². The molecule has 1 unspecified atom stereocenters. The summed E-state index contributed by atoms with van der Waals surface area (Å²) >= 11 is 0. The van der Waals surface area contributed by atoms with Gasteiger partial charge in [0.25, 0.3) is 0 Å². The number of nitrogens with one attached hydrogen (secondary N) is 1. The molecule has 120 valence electrons. The Morgan fingerprint density at radius 3 is 2.29 bits per heavy atom. The minimum Gasteiger partial charge on any atom is -0.371 e. The zero-order chi connectivity index (χ0) is 15.5. The lowest BCUT2D eigenvalue weighted by Crippen LogP contribution is -2.30. The molecular weight excluding hydrogens is 260 g/mol. The van der Waals surface area contributed by atoms with E-state index in [0.29, 0.717) is 5.92 Å². The normalized spacial score (nSPS) is 13.0. The maximum atomic E-state index is 6.14. The van der Waals surface area contributed by atoms with Crippen molar-refractivity contribution in [3.8, 4) is 0 Å². The smallest absolute Gasteiger partial charge is 0.0949 e. The molecule has 0 aliphatic heterocycles. The van der Waals surface area contributed by atoms with Gasteiger partial charge >= 0.3 is 0 Å². The van der Waals surface area contributed by atoms with E-state index in [1.807, 2.05) is 0 Å². The molecule has 1 aromatic carbocycles. The van der Waals surface area contributed by atoms with Crippen molar-refractivity contribution in [3.63, 3.8) is 0 Å². The van der Waals surface area contributed by atoms with Crippen LogP contribution in [0.15, 0.2) is 30.3 Å². The number of nitrogens with zero attached hydrogens (tertiary/aromatic N) is 1. The van der Waals surface area contributed by atoms with Gasteiger partial charge in [-0.15, -0.1) is 0 Å². The first kappa shape index (κ1) is 18.1. The number of ether oxygens (including phenoxy) is 1. The van der Waals surface area contributed by atoms with Crippen LogP contribution in [-0.2, 0) is 4.74 Å². The third-order valence-electron chi connectivity index (χ3n) is 3.67. The Bertz CT molecular complexity index is 349. The molecule has 0 bridgehead atoms. The van der Waals surface area contributed by atoms with Gasteiger partial charge in [-0.05, 0) is 31.1 Å². The van der Waals surface area contributed by atoms with E-state index in [4.69, 9.17) is 4.74 Å². The van der Waals surface area contributed by atoms with Gasteiger partial charge in [0.2, 0.25) is 0 Å². The number of likely N-dealkylation sites (N-methyl/N-ethyl adjacent to an activating group) is 1. The van der Waals surface area contributed by atoms with Crippen molar-refractivity contribution < 1.29 is 4.74 Å². The fraction of sp³-hybridized carbons (Fsp3) is 0.667. The van der Waals surface area contributed by atoms with E-state index in [9.17, 15) is 0 Å². The number of rotatable bonds is 11. The second-order valence-electron chi connectivity index (χ2n) is 5.85. The molecule has 0 aliphatic carbocycles. The van der Waals surface area contributed by atoms with Crippen molar-refractivity contribution in [3.05, 3.63) is 35.9 Å². The van der Waals surface area contributed by atoms with Gasteiger partial charge in [0.1, 0.15) is 0 Å². The molecule has 1 rings (SSSR count). The van der Waals surface area contributed by atoms with E-state index < -0.39 is 0 Å². The van der Waals surface area contributed by atoms with Crippen LogP contribution >= 0.6 is 0 Å². The summed E-state index contributed by atoms with van der Waals surface area (Å²) in [5, 5.41) is 3.51. The Kier molecular flexibility index (Phi) is 9.31. The number of benzene rings is 1. The first-order valence-electron chi connectivity index (χ1n) is 8.26. The largest absolute Gasteiger partial charge is 0.371 e. The van der Waals surface area contributed by atoms with Crippen molar-refractivity contribution in [2.75, 3.05) is 39.3 Å². The van der Waals surface area contributed by atoms with Gasteiger partial charge in [-0.3, -0.25) is 0 Å². The summed E-state index contributed by atoms with van der Waals surface area (Å²) < 4.78 is 6.14. The van der Waals surface area contributed by atoms with Crippen LogP contribution in [0.1, 0.15) is 39.4 Å². The Labute approximate surface area is 130 Å². The number of hydrogen-bond donors (Lipinski definition) is 1. The summed E-state index contributed by atoms with van der Waals surface area (Å²) in [6, 6.07) is 10.5. The fourth-order valence-electron chi connectivity index (χ4n) is 2.31. The topological polar surface area (TPSA) is 24.5 Å². The molecule has 1 atom stereocenters. The van der Waals surface area contributed by atoms with Crippen LogP contribution in [-0.4, -0.2) is 44.2 Å². The summed E-state index contributed by atoms with van der Waals surface area (Å²) in [5.74, 6) is 0.664. The van der Waals surface area contributed by atoms with Crippen LogP contribution in [0, 0.1) is 5.92 Å². The molecule has 0 radical (unpaired) electrons. The zero-order valence-electron chi connectivity index (χ0n) is 14.1. The predicted octanol–water partition coefficient (Wildman–Crippen LogP) is 3.33. The van der Waals surface area contributed by atoms with Crippen LogP contribution in [0.5, 0.6) is 0 Å². The summed E-state index contributed by atoms with van der Waals surface area (Å²) in [5.41, 5.74) is 1.26. The van der Waals surface area contributed by atoms with E-state index in [1.165, 1.54) is 5.56 Å². The lowest BCUT2D eigenvalue weighted by Gasteiger charge is -2.23. The van der Waals surface area contributed by atoms with Gasteiger partial charge in [-0.2, -0.15) is 0 Å². The molecule has 0 aliphatic rings. The molecule has 3 nitrogen and oxygen atoms in total. The molecule has 21 heavy (non-hydrogen) atoms. The van der Waals surface area contributed by atoms with E-state index in [1.54, 1.807) is 0 Å². The first-order valence-corrected chi connectivity index (χ1v) is 8.26. The lowest BCUT2D eigenvalue weighted by atomic mass is 10.1. The van der Waals surface area contributed by atoms with Gasteiger partial charge in [-0.25, -0.2) is 0 Å². The Morgan fingerprint density at radius 2 is 1.71 bits per heavy atom. The SMILES string of the molecule is CCN(CC)CCOC(CNCC(C)C)c1ccccc1. The van der Waals surface area contributed by atoms with E-state index in [-0.39, 0.29) is 6.10 Å². The molecule has 1 N–H and O–H groups in total. The molecule has 0 saturated heterocycles. The standard InChI is InChI=1S/C18H32N2O/c1-5-20(6-2)12-13-21-18(15-19-14-16(3)4)17-10-8-7-9-11-17/h7-11,16,18-19H,5-6,12-15H2,1-4H3. The van der Waals surface area contributed by atoms with Crippen LogP contribution in [0.2, 0.25) is 0 Å². The zero-order valence-corrected chi connectivity index (χ0v) is 14.1. The van der Waals surface area contributed by atoms with E-state index in [0.717, 1.165) is 39.3 Å². The van der Waals surface area contributed by atoms with Crippen LogP contribution < -0.4 is 5.32 Å². The maximum absolute atomic E-state index is 6.14. The third-order valence-corrected chi connectivity index (χ3v) is 3.67. The van der Waals surface area contributed by atoms with Gasteiger partial charge in [0.15, 0.2) is 0 Å². The van der Waals surface area contributed by atoms with Crippen LogP contribution in [0.4, 0.5) is 0 Å². The van der Waals surface area contributed by atoms with E-state index in [2.05, 4.69) is 68.2 Å². The molecule has 0 fully saturated rings. The molecule has 0 spiro atoms. The first-order chi connectivity index (χ1) is 10.2. The van der Waals surface area contributed by atoms with Crippen molar-refractivity contribution in [1.82, 2.24) is 10.2 Å². The van der Waals surface area contributed by atoms with Crippen molar-refractivity contribution in [1.29, 1.82) is 0 Å². The molecule has 0 saturated carbocycles. The molecule has 3 heteroatoms. The van der Waals surface area contributed by atoms with Gasteiger partial charge in [0, 0.05) is 13.1 Å². The minimum atomic E-state index is 0.139. The fourth-order valence-corrected chi connectivity index (χ4v) is 2.31. The van der Waals surface area contributed by atoms with Crippen molar-refractivity contribution >= 4 is 0 Å². The highest BCUT2D eigenvalue weighted by Crippen LogP contribution is 2.16. The second kappa shape index (κ2) is 10.8. The summed E-state index contributed by atoms with van der Waals surface area (Å²) in [4.78, 5) is 2.39. The predicted molar refractivity (Wildman–Crippen MR) is 90.6 cm³/mol. The minimum absolute atomic E-state index is 0.139. The average Bonchev–Trinajstić information content (AvgIpc) is 2.50. The average molecular weight is 292 g/mol. The maximum Gasteiger partial charge on any atom is 0.0949 e. The highest BCUT2D eigenvalue weighted by atomic mass is 16.5. The number of hydrogen-bond acceptors (Lipinski definition) is 3. The molecule has 0 aromatic heterocycles. The molecular formula is C18H32N2O. The summed E-state index contributed by atoms with van der Waals surface area (Å²) in [6.07, 6.45) is 0.139. The third kappa shape index (κ3) is 7.60. The summed E-state index contributed by atoms with van der Waals surface area (Å²) in [6.45, 7) is 14.7. The van der Waals surface area contributed by atoms with Gasteiger partial charge < -0.3 is 15.0 Å². The van der Waals surface area contributed by atoms with E-state index >= 15 is 0 Å². The Morgan fingerprint density at radius 1 is 1.05 bits per heavy atom. The Balaban J connectivity index is 2.48. The highest BCUT2D eigenvalue weighted by Gasteiger charge is 2.12. The second-order valence-corrected chi connectivity index (χ2v) is 5.85. The molecule has 1 aromatic rings. The van der Waals surface area contributed by atoms with Crippen molar-refractivity contribution in [2.24, 2.45) is 5.92 Å². The van der Waals surface area contributed by atoms with Gasteiger partial charge in [0.05, 0.1) is 12.7 Å². The van der Waals surface area contributed by atoms with Crippen molar-refractivity contribution in [2.45, 2.75) is 33.8 Å².